The minimum atomic E-state index is -4.01. The third-order valence-electron chi connectivity index (χ3n) is 9.01. The minimum absolute atomic E-state index is 0.0159. The molecule has 0 bridgehead atoms. The van der Waals surface area contributed by atoms with Gasteiger partial charge in [0.15, 0.2) is 0 Å². The second-order valence-electron chi connectivity index (χ2n) is 15.4. The van der Waals surface area contributed by atoms with Crippen molar-refractivity contribution < 1.29 is 46.0 Å². The average Bonchev–Trinajstić information content (AvgIpc) is 3.26. The van der Waals surface area contributed by atoms with E-state index in [1.807, 2.05) is 0 Å². The van der Waals surface area contributed by atoms with Gasteiger partial charge in [0.1, 0.15) is 67.0 Å². The van der Waals surface area contributed by atoms with Crippen LogP contribution in [0.1, 0.15) is 38.8 Å². The number of ether oxygens (including phenoxy) is 4. The predicted molar refractivity (Wildman–Crippen MR) is 243 cm³/mol. The zero-order chi connectivity index (χ0) is 45.5. The van der Waals surface area contributed by atoms with Gasteiger partial charge in [-0.25, -0.2) is 16.8 Å². The van der Waals surface area contributed by atoms with E-state index >= 15 is 0 Å². The van der Waals surface area contributed by atoms with Crippen molar-refractivity contribution in [3.8, 4) is 69.7 Å². The topological polar surface area (TPSA) is 146 Å². The Balaban J connectivity index is 0.994. The summed E-state index contributed by atoms with van der Waals surface area (Å²) >= 11 is 0. The first-order chi connectivity index (χ1) is 30.4. The molecule has 0 saturated carbocycles. The number of para-hydroxylation sites is 2. The maximum atomic E-state index is 13.8. The van der Waals surface area contributed by atoms with Crippen LogP contribution in [0.15, 0.2) is 189 Å². The van der Waals surface area contributed by atoms with Crippen LogP contribution in [0.3, 0.4) is 0 Å². The summed E-state index contributed by atoms with van der Waals surface area (Å²) in [6, 6.07) is 45.1. The fourth-order valence-electron chi connectivity index (χ4n) is 5.93. The molecule has 0 spiro atoms. The minimum Gasteiger partial charge on any atom is -0.457 e. The summed E-state index contributed by atoms with van der Waals surface area (Å²) in [5.74, 6) is 14.0. The molecule has 0 atom stereocenters. The zero-order valence-electron chi connectivity index (χ0n) is 35.1. The Morgan fingerprint density at radius 3 is 1.08 bits per heavy atom. The highest BCUT2D eigenvalue weighted by Gasteiger charge is 2.24. The summed E-state index contributed by atoms with van der Waals surface area (Å²) in [5.41, 5.74) is -0.940. The summed E-state index contributed by atoms with van der Waals surface area (Å²) < 4.78 is 79.4. The molecule has 0 saturated heterocycles. The fourth-order valence-corrected chi connectivity index (χ4v) is 8.69. The standard InChI is InChI=1S/C52H42O10S2/c1-51(2,53)34-32-37-16-20-41(21-17-37)61-47-12-5-7-14-49(47)63(55,56)45-28-24-39(25-29-45)59-43-10-9-11-44(36-43)60-40-26-30-46(31-27-40)64(57,58)50-15-8-6-13-48(50)62-42-22-18-38(19-23-42)33-35-52(3,4)54/h5-31,36,53-54H,1-4H3. The molecule has 0 unspecified atom stereocenters. The van der Waals surface area contributed by atoms with E-state index in [2.05, 4.69) is 23.7 Å². The average molecular weight is 891 g/mol. The number of hydrogen-bond donors (Lipinski definition) is 2. The van der Waals surface area contributed by atoms with E-state index < -0.39 is 30.9 Å². The van der Waals surface area contributed by atoms with Gasteiger partial charge in [-0.15, -0.1) is 0 Å². The van der Waals surface area contributed by atoms with Gasteiger partial charge >= 0.3 is 0 Å². The maximum absolute atomic E-state index is 13.8. The van der Waals surface area contributed by atoms with E-state index in [1.54, 1.807) is 161 Å². The van der Waals surface area contributed by atoms with E-state index in [1.165, 1.54) is 36.4 Å². The van der Waals surface area contributed by atoms with Crippen LogP contribution in [-0.4, -0.2) is 38.3 Å². The lowest BCUT2D eigenvalue weighted by atomic mass is 10.1. The number of aliphatic hydroxyl groups is 2. The molecule has 0 fully saturated rings. The van der Waals surface area contributed by atoms with E-state index in [9.17, 15) is 27.0 Å². The highest BCUT2D eigenvalue weighted by atomic mass is 32.2. The van der Waals surface area contributed by atoms with Gasteiger partial charge in [0.25, 0.3) is 0 Å². The summed E-state index contributed by atoms with van der Waals surface area (Å²) in [7, 11) is -8.02. The molecule has 322 valence electrons. The number of benzene rings is 7. The van der Waals surface area contributed by atoms with Gasteiger partial charge < -0.3 is 29.2 Å². The lowest BCUT2D eigenvalue weighted by Crippen LogP contribution is -2.14. The van der Waals surface area contributed by atoms with Crippen LogP contribution in [0.2, 0.25) is 0 Å². The molecule has 10 nitrogen and oxygen atoms in total. The molecular formula is C52H42O10S2. The van der Waals surface area contributed by atoms with E-state index in [-0.39, 0.29) is 31.1 Å². The Morgan fingerprint density at radius 2 is 0.719 bits per heavy atom. The molecule has 0 aliphatic heterocycles. The van der Waals surface area contributed by atoms with E-state index in [4.69, 9.17) is 18.9 Å². The molecule has 7 aromatic rings. The molecule has 64 heavy (non-hydrogen) atoms. The largest absolute Gasteiger partial charge is 0.457 e. The van der Waals surface area contributed by atoms with Crippen molar-refractivity contribution in [3.63, 3.8) is 0 Å². The smallest absolute Gasteiger partial charge is 0.210 e. The molecule has 0 radical (unpaired) electrons. The molecule has 7 rings (SSSR count). The molecule has 7 aromatic carbocycles. The van der Waals surface area contributed by atoms with Crippen LogP contribution < -0.4 is 18.9 Å². The second-order valence-corrected chi connectivity index (χ2v) is 19.2. The Hall–Kier alpha value is -7.32. The molecule has 0 aliphatic rings. The van der Waals surface area contributed by atoms with Gasteiger partial charge in [-0.3, -0.25) is 0 Å². The normalized spacial score (nSPS) is 11.6. The van der Waals surface area contributed by atoms with Crippen molar-refractivity contribution in [3.05, 3.63) is 181 Å². The van der Waals surface area contributed by atoms with Gasteiger partial charge in [-0.1, -0.05) is 54.0 Å². The number of rotatable bonds is 12. The van der Waals surface area contributed by atoms with Gasteiger partial charge in [0.2, 0.25) is 19.7 Å². The summed E-state index contributed by atoms with van der Waals surface area (Å²) in [5, 5.41) is 19.8. The van der Waals surface area contributed by atoms with Crippen molar-refractivity contribution in [1.82, 2.24) is 0 Å². The predicted octanol–water partition coefficient (Wildman–Crippen LogP) is 10.8. The van der Waals surface area contributed by atoms with Crippen LogP contribution in [0.5, 0.6) is 46.0 Å². The number of sulfone groups is 2. The highest BCUT2D eigenvalue weighted by molar-refractivity contribution is 7.92. The molecule has 0 heterocycles. The Morgan fingerprint density at radius 1 is 0.391 bits per heavy atom. The summed E-state index contributed by atoms with van der Waals surface area (Å²) in [4.78, 5) is 0.0373. The second kappa shape index (κ2) is 18.6. The van der Waals surface area contributed by atoms with Crippen molar-refractivity contribution in [2.75, 3.05) is 0 Å². The monoisotopic (exact) mass is 890 g/mol. The number of hydrogen-bond acceptors (Lipinski definition) is 10. The zero-order valence-corrected chi connectivity index (χ0v) is 36.8. The molecule has 12 heteroatoms. The Bertz CT molecular complexity index is 2910. The third-order valence-corrected chi connectivity index (χ3v) is 12.6. The first-order valence-electron chi connectivity index (χ1n) is 19.8. The van der Waals surface area contributed by atoms with Gasteiger partial charge in [0, 0.05) is 17.2 Å². The van der Waals surface area contributed by atoms with Crippen LogP contribution in [0.25, 0.3) is 0 Å². The molecule has 0 aliphatic carbocycles. The first-order valence-corrected chi connectivity index (χ1v) is 22.8. The van der Waals surface area contributed by atoms with Crippen molar-refractivity contribution in [2.24, 2.45) is 0 Å². The maximum Gasteiger partial charge on any atom is 0.210 e. The van der Waals surface area contributed by atoms with E-state index in [0.29, 0.717) is 45.6 Å². The van der Waals surface area contributed by atoms with Crippen molar-refractivity contribution in [2.45, 2.75) is 58.5 Å². The lowest BCUT2D eigenvalue weighted by molar-refractivity contribution is 0.143. The van der Waals surface area contributed by atoms with Crippen LogP contribution in [-0.2, 0) is 19.7 Å². The van der Waals surface area contributed by atoms with Gasteiger partial charge in [0.05, 0.1) is 9.79 Å². The van der Waals surface area contributed by atoms with Gasteiger partial charge in [-0.05, 0) is 161 Å². The van der Waals surface area contributed by atoms with Crippen molar-refractivity contribution >= 4 is 19.7 Å². The summed E-state index contributed by atoms with van der Waals surface area (Å²) in [6.45, 7) is 6.37. The van der Waals surface area contributed by atoms with E-state index in [0.717, 1.165) is 0 Å². The Kier molecular flexibility index (Phi) is 13.0. The van der Waals surface area contributed by atoms with Gasteiger partial charge in [-0.2, -0.15) is 0 Å². The molecule has 2 N–H and O–H groups in total. The highest BCUT2D eigenvalue weighted by Crippen LogP contribution is 2.36. The molecular weight excluding hydrogens is 849 g/mol. The fraction of sp³-hybridized carbons (Fsp3) is 0.115. The lowest BCUT2D eigenvalue weighted by Gasteiger charge is -2.13. The molecule has 0 amide bonds. The quantitative estimate of drug-likeness (QED) is 0.114. The Labute approximate surface area is 373 Å². The van der Waals surface area contributed by atoms with Crippen LogP contribution in [0.4, 0.5) is 0 Å². The van der Waals surface area contributed by atoms with Crippen LogP contribution >= 0.6 is 0 Å². The SMILES string of the molecule is CC(C)(O)C#Cc1ccc(Oc2ccccc2S(=O)(=O)c2ccc(Oc3cccc(Oc4ccc(S(=O)(=O)c5ccccc5Oc5ccc(C#CC(C)(C)O)cc5)cc4)c3)cc2)cc1. The summed E-state index contributed by atoms with van der Waals surface area (Å²) in [6.07, 6.45) is 0. The first kappa shape index (κ1) is 44.7. The van der Waals surface area contributed by atoms with Crippen molar-refractivity contribution in [1.29, 1.82) is 0 Å². The third kappa shape index (κ3) is 11.6. The van der Waals surface area contributed by atoms with Crippen LogP contribution in [0, 0.1) is 23.7 Å². The molecule has 0 aromatic heterocycles.